The first kappa shape index (κ1) is 20.0. The van der Waals surface area contributed by atoms with Crippen molar-refractivity contribution in [1.82, 2.24) is 15.0 Å². The van der Waals surface area contributed by atoms with Gasteiger partial charge in [-0.15, -0.1) is 0 Å². The predicted octanol–water partition coefficient (Wildman–Crippen LogP) is 3.16. The highest BCUT2D eigenvalue weighted by molar-refractivity contribution is 5.91. The minimum atomic E-state index is -0.885. The third-order valence-electron chi connectivity index (χ3n) is 4.94. The fourth-order valence-electron chi connectivity index (χ4n) is 3.43. The van der Waals surface area contributed by atoms with Crippen LogP contribution in [-0.4, -0.2) is 48.4 Å². The third-order valence-corrected chi connectivity index (χ3v) is 4.94. The molecule has 3 heterocycles. The normalized spacial score (nSPS) is 16.1. The monoisotopic (exact) mass is 417 g/mol. The molecule has 3 N–H and O–H groups in total. The Morgan fingerprint density at radius 3 is 2.53 bits per heavy atom. The number of nitrogens with zero attached hydrogens (tertiary/aromatic N) is 3. The molecule has 1 fully saturated rings. The molecule has 30 heavy (non-hydrogen) atoms. The number of halogens is 2. The van der Waals surface area contributed by atoms with E-state index in [0.29, 0.717) is 29.9 Å². The zero-order valence-electron chi connectivity index (χ0n) is 16.5. The Morgan fingerprint density at radius 1 is 1.17 bits per heavy atom. The van der Waals surface area contributed by atoms with Crippen molar-refractivity contribution < 1.29 is 23.0 Å². The molecular formula is C20H21F2N5O3. The number of hydrogen-bond acceptors (Lipinski definition) is 8. The zero-order chi connectivity index (χ0) is 21.3. The summed E-state index contributed by atoms with van der Waals surface area (Å²) in [6, 6.07) is 2.64. The van der Waals surface area contributed by atoms with Crippen LogP contribution in [0.25, 0.3) is 22.2 Å². The molecule has 0 saturated carbocycles. The highest BCUT2D eigenvalue weighted by atomic mass is 19.1. The van der Waals surface area contributed by atoms with E-state index in [1.807, 2.05) is 0 Å². The van der Waals surface area contributed by atoms with E-state index in [0.717, 1.165) is 18.9 Å². The highest BCUT2D eigenvalue weighted by Gasteiger charge is 2.24. The summed E-state index contributed by atoms with van der Waals surface area (Å²) in [7, 11) is 2.58. The molecule has 0 amide bonds. The molecule has 1 aromatic carbocycles. The van der Waals surface area contributed by atoms with Crippen molar-refractivity contribution in [3.05, 3.63) is 30.0 Å². The second kappa shape index (κ2) is 8.23. The fourth-order valence-corrected chi connectivity index (χ4v) is 3.43. The van der Waals surface area contributed by atoms with E-state index in [4.69, 9.17) is 19.9 Å². The molecule has 0 radical (unpaired) electrons. The topological polar surface area (TPSA) is 104 Å². The number of nitrogens with one attached hydrogen (secondary N) is 1. The van der Waals surface area contributed by atoms with Crippen LogP contribution >= 0.6 is 0 Å². The Kier molecular flexibility index (Phi) is 5.49. The largest absolute Gasteiger partial charge is 0.494 e. The molecule has 8 nitrogen and oxygen atoms in total. The van der Waals surface area contributed by atoms with Crippen LogP contribution in [-0.2, 0) is 4.74 Å². The maximum absolute atomic E-state index is 15.0. The minimum absolute atomic E-state index is 0.0232. The van der Waals surface area contributed by atoms with Gasteiger partial charge < -0.3 is 25.3 Å². The summed E-state index contributed by atoms with van der Waals surface area (Å²) in [5, 5.41) is 3.69. The summed E-state index contributed by atoms with van der Waals surface area (Å²) < 4.78 is 45.7. The number of nitrogen functional groups attached to an aromatic ring is 1. The number of fused-ring (bicyclic) bond motifs is 1. The Balaban J connectivity index is 1.86. The maximum atomic E-state index is 15.0. The molecule has 1 aliphatic rings. The Hall–Kier alpha value is -3.27. The summed E-state index contributed by atoms with van der Waals surface area (Å²) in [4.78, 5) is 12.7. The summed E-state index contributed by atoms with van der Waals surface area (Å²) in [5.74, 6) is -1.70. The Labute approximate surface area is 171 Å². The lowest BCUT2D eigenvalue weighted by Gasteiger charge is -2.16. The molecule has 2 aromatic heterocycles. The van der Waals surface area contributed by atoms with Crippen LogP contribution < -0.4 is 20.5 Å². The van der Waals surface area contributed by atoms with E-state index in [9.17, 15) is 0 Å². The van der Waals surface area contributed by atoms with Gasteiger partial charge in [0.1, 0.15) is 5.52 Å². The van der Waals surface area contributed by atoms with E-state index in [1.165, 1.54) is 26.5 Å². The van der Waals surface area contributed by atoms with Crippen LogP contribution in [0.2, 0.25) is 0 Å². The number of aromatic nitrogens is 3. The van der Waals surface area contributed by atoms with Crippen LogP contribution in [0, 0.1) is 11.6 Å². The molecule has 1 atom stereocenters. The average Bonchev–Trinajstić information content (AvgIpc) is 3.26. The van der Waals surface area contributed by atoms with E-state index in [-0.39, 0.29) is 34.8 Å². The molecule has 158 valence electrons. The Bertz CT molecular complexity index is 1060. The van der Waals surface area contributed by atoms with Crippen LogP contribution in [0.4, 0.5) is 20.5 Å². The van der Waals surface area contributed by atoms with Crippen molar-refractivity contribution in [2.75, 3.05) is 38.4 Å². The van der Waals surface area contributed by atoms with Gasteiger partial charge in [0.05, 0.1) is 31.6 Å². The predicted molar refractivity (Wildman–Crippen MR) is 108 cm³/mol. The zero-order valence-corrected chi connectivity index (χ0v) is 16.5. The molecule has 0 bridgehead atoms. The van der Waals surface area contributed by atoms with Gasteiger partial charge in [0.15, 0.2) is 29.0 Å². The number of pyridine rings is 1. The van der Waals surface area contributed by atoms with Crippen LogP contribution in [0.5, 0.6) is 11.5 Å². The number of rotatable bonds is 6. The highest BCUT2D eigenvalue weighted by Crippen LogP contribution is 2.38. The number of benzene rings is 1. The average molecular weight is 417 g/mol. The van der Waals surface area contributed by atoms with Crippen molar-refractivity contribution in [2.45, 2.75) is 18.9 Å². The lowest BCUT2D eigenvalue weighted by Crippen LogP contribution is -2.19. The molecule has 3 aromatic rings. The summed E-state index contributed by atoms with van der Waals surface area (Å²) >= 11 is 0. The van der Waals surface area contributed by atoms with Gasteiger partial charge in [0.2, 0.25) is 5.95 Å². The summed E-state index contributed by atoms with van der Waals surface area (Å²) in [5.41, 5.74) is 5.84. The lowest BCUT2D eigenvalue weighted by molar-refractivity contribution is 0.120. The van der Waals surface area contributed by atoms with Crippen molar-refractivity contribution in [2.24, 2.45) is 0 Å². The molecule has 0 spiro atoms. The number of hydrogen-bond donors (Lipinski definition) is 2. The van der Waals surface area contributed by atoms with Gasteiger partial charge in [-0.2, -0.15) is 0 Å². The minimum Gasteiger partial charge on any atom is -0.494 e. The second-order valence-corrected chi connectivity index (χ2v) is 6.82. The molecule has 4 rings (SSSR count). The molecule has 1 unspecified atom stereocenters. The van der Waals surface area contributed by atoms with Gasteiger partial charge >= 0.3 is 0 Å². The lowest BCUT2D eigenvalue weighted by atomic mass is 10.1. The van der Waals surface area contributed by atoms with Gasteiger partial charge in [-0.05, 0) is 18.9 Å². The molecule has 1 saturated heterocycles. The summed E-state index contributed by atoms with van der Waals surface area (Å²) in [6.45, 7) is 1.18. The first-order valence-corrected chi connectivity index (χ1v) is 9.41. The van der Waals surface area contributed by atoms with E-state index in [1.54, 1.807) is 0 Å². The van der Waals surface area contributed by atoms with Gasteiger partial charge in [0, 0.05) is 30.8 Å². The van der Waals surface area contributed by atoms with Crippen LogP contribution in [0.1, 0.15) is 12.8 Å². The van der Waals surface area contributed by atoms with E-state index < -0.39 is 11.6 Å². The van der Waals surface area contributed by atoms with Crippen LogP contribution in [0.3, 0.4) is 0 Å². The second-order valence-electron chi connectivity index (χ2n) is 6.82. The van der Waals surface area contributed by atoms with Gasteiger partial charge in [-0.25, -0.2) is 23.7 Å². The number of ether oxygens (including phenoxy) is 3. The van der Waals surface area contributed by atoms with Gasteiger partial charge in [-0.3, -0.25) is 0 Å². The van der Waals surface area contributed by atoms with Crippen molar-refractivity contribution >= 4 is 22.7 Å². The standard InChI is InChI=1S/C20H21F2N5O3/c1-28-13-7-14(29-2)17(22)15(16(13)21)12-6-10-8-25-20(23)27-18(10)19(26-12)24-9-11-4-3-5-30-11/h6-8,11H,3-5,9H2,1-2H3,(H,24,26)(H2,23,25,27). The Morgan fingerprint density at radius 2 is 1.90 bits per heavy atom. The molecule has 10 heteroatoms. The summed E-state index contributed by atoms with van der Waals surface area (Å²) in [6.07, 6.45) is 3.40. The number of methoxy groups -OCH3 is 2. The van der Waals surface area contributed by atoms with Gasteiger partial charge in [0.25, 0.3) is 0 Å². The third kappa shape index (κ3) is 3.65. The van der Waals surface area contributed by atoms with Crippen molar-refractivity contribution in [3.8, 4) is 22.8 Å². The fraction of sp³-hybridized carbons (Fsp3) is 0.350. The maximum Gasteiger partial charge on any atom is 0.220 e. The first-order chi connectivity index (χ1) is 14.5. The van der Waals surface area contributed by atoms with Crippen molar-refractivity contribution in [1.29, 1.82) is 0 Å². The van der Waals surface area contributed by atoms with Crippen molar-refractivity contribution in [3.63, 3.8) is 0 Å². The molecule has 0 aliphatic carbocycles. The quantitative estimate of drug-likeness (QED) is 0.630. The number of anilines is 2. The van der Waals surface area contributed by atoms with E-state index >= 15 is 8.78 Å². The van der Waals surface area contributed by atoms with Gasteiger partial charge in [-0.1, -0.05) is 0 Å². The SMILES string of the molecule is COc1cc(OC)c(F)c(-c2cc3cnc(N)nc3c(NCC3CCCO3)n2)c1F. The van der Waals surface area contributed by atoms with E-state index in [2.05, 4.69) is 20.3 Å². The molecular weight excluding hydrogens is 396 g/mol. The first-order valence-electron chi connectivity index (χ1n) is 9.41. The number of nitrogens with two attached hydrogens (primary N) is 1. The molecule has 1 aliphatic heterocycles. The van der Waals surface area contributed by atoms with Crippen LogP contribution in [0.15, 0.2) is 18.3 Å². The smallest absolute Gasteiger partial charge is 0.220 e.